The van der Waals surface area contributed by atoms with Crippen molar-refractivity contribution in [3.63, 3.8) is 0 Å². The van der Waals surface area contributed by atoms with Crippen molar-refractivity contribution < 1.29 is 4.92 Å². The largest absolute Gasteiger partial charge is 0.364 e. The second-order valence-electron chi connectivity index (χ2n) is 4.00. The average molecular weight is 287 g/mol. The number of nitrogens with one attached hydrogen (secondary N) is 1. The van der Waals surface area contributed by atoms with Crippen molar-refractivity contribution in [2.75, 3.05) is 5.32 Å². The number of anilines is 1. The van der Waals surface area contributed by atoms with Crippen molar-refractivity contribution in [1.29, 1.82) is 0 Å². The van der Waals surface area contributed by atoms with Gasteiger partial charge in [0.15, 0.2) is 0 Å². The minimum atomic E-state index is -0.431. The molecule has 1 N–H and O–H groups in total. The predicted molar refractivity (Wildman–Crippen MR) is 75.6 cm³/mol. The normalized spacial score (nSPS) is 10.6. The number of thiazole rings is 1. The summed E-state index contributed by atoms with van der Waals surface area (Å²) >= 11 is 1.53. The molecule has 0 radical (unpaired) electrons. The van der Waals surface area contributed by atoms with Crippen molar-refractivity contribution in [2.24, 2.45) is 0 Å². The number of hydrogen-bond donors (Lipinski definition) is 1. The highest BCUT2D eigenvalue weighted by molar-refractivity contribution is 7.09. The van der Waals surface area contributed by atoms with E-state index in [0.717, 1.165) is 4.88 Å². The van der Waals surface area contributed by atoms with Gasteiger partial charge in [-0.15, -0.1) is 11.3 Å². The Bertz CT molecular complexity index is 760. The second-order valence-corrected chi connectivity index (χ2v) is 4.97. The first kappa shape index (κ1) is 12.4. The summed E-state index contributed by atoms with van der Waals surface area (Å²) in [5.41, 5.74) is 2.44. The van der Waals surface area contributed by atoms with Crippen LogP contribution in [-0.2, 0) is 6.54 Å². The Hall–Kier alpha value is -2.61. The summed E-state index contributed by atoms with van der Waals surface area (Å²) in [6.07, 6.45) is 3.20. The molecule has 0 aliphatic heterocycles. The van der Waals surface area contributed by atoms with Crippen LogP contribution in [0.2, 0.25) is 0 Å². The van der Waals surface area contributed by atoms with Gasteiger partial charge in [0.1, 0.15) is 12.1 Å². The smallest absolute Gasteiger partial charge is 0.270 e. The zero-order valence-electron chi connectivity index (χ0n) is 10.2. The summed E-state index contributed by atoms with van der Waals surface area (Å²) in [4.78, 5) is 23.7. The lowest BCUT2D eigenvalue weighted by molar-refractivity contribution is -0.384. The summed E-state index contributed by atoms with van der Waals surface area (Å²) < 4.78 is 0. The number of nitro groups is 1. The molecule has 0 fully saturated rings. The number of non-ortho nitro benzene ring substituents is 1. The minimum absolute atomic E-state index is 0.0214. The lowest BCUT2D eigenvalue weighted by Gasteiger charge is -2.06. The predicted octanol–water partition coefficient (Wildman–Crippen LogP) is 2.61. The third-order valence-corrected chi connectivity index (χ3v) is 3.52. The molecule has 3 aromatic rings. The lowest BCUT2D eigenvalue weighted by atomic mass is 10.2. The summed E-state index contributed by atoms with van der Waals surface area (Å²) in [5.74, 6) is 0.576. The van der Waals surface area contributed by atoms with E-state index in [0.29, 0.717) is 23.3 Å². The number of aromatic nitrogens is 3. The summed E-state index contributed by atoms with van der Waals surface area (Å²) in [6.45, 7) is 0.569. The first-order valence-electron chi connectivity index (χ1n) is 5.74. The van der Waals surface area contributed by atoms with Crippen LogP contribution < -0.4 is 5.32 Å². The molecule has 0 unspecified atom stereocenters. The van der Waals surface area contributed by atoms with E-state index in [1.54, 1.807) is 17.8 Å². The van der Waals surface area contributed by atoms with Crippen molar-refractivity contribution in [1.82, 2.24) is 15.0 Å². The Balaban J connectivity index is 1.96. The average Bonchev–Trinajstić information content (AvgIpc) is 2.97. The fourth-order valence-corrected chi connectivity index (χ4v) is 2.33. The van der Waals surface area contributed by atoms with Gasteiger partial charge in [-0.25, -0.2) is 9.97 Å². The topological polar surface area (TPSA) is 93.8 Å². The first-order chi connectivity index (χ1) is 9.74. The third kappa shape index (κ3) is 2.41. The van der Waals surface area contributed by atoms with Crippen molar-refractivity contribution in [2.45, 2.75) is 6.54 Å². The van der Waals surface area contributed by atoms with Gasteiger partial charge in [0.2, 0.25) is 0 Å². The van der Waals surface area contributed by atoms with E-state index in [9.17, 15) is 10.1 Å². The Morgan fingerprint density at radius 2 is 2.25 bits per heavy atom. The van der Waals surface area contributed by atoms with Gasteiger partial charge in [0.25, 0.3) is 5.69 Å². The molecular formula is C12H9N5O2S. The van der Waals surface area contributed by atoms with Crippen LogP contribution in [0.1, 0.15) is 4.88 Å². The van der Waals surface area contributed by atoms with Crippen LogP contribution in [0.15, 0.2) is 36.2 Å². The molecule has 0 bridgehead atoms. The zero-order chi connectivity index (χ0) is 13.9. The molecule has 0 atom stereocenters. The quantitative estimate of drug-likeness (QED) is 0.585. The van der Waals surface area contributed by atoms with Gasteiger partial charge in [-0.2, -0.15) is 0 Å². The molecule has 1 aromatic carbocycles. The maximum Gasteiger partial charge on any atom is 0.270 e. The van der Waals surface area contributed by atoms with E-state index in [4.69, 9.17) is 0 Å². The van der Waals surface area contributed by atoms with Crippen LogP contribution >= 0.6 is 11.3 Å². The van der Waals surface area contributed by atoms with Gasteiger partial charge >= 0.3 is 0 Å². The minimum Gasteiger partial charge on any atom is -0.364 e. The van der Waals surface area contributed by atoms with Crippen molar-refractivity contribution >= 4 is 33.7 Å². The van der Waals surface area contributed by atoms with Gasteiger partial charge < -0.3 is 5.32 Å². The Morgan fingerprint density at radius 1 is 1.35 bits per heavy atom. The van der Waals surface area contributed by atoms with E-state index in [1.807, 2.05) is 0 Å². The van der Waals surface area contributed by atoms with E-state index < -0.39 is 4.92 Å². The molecule has 7 nitrogen and oxygen atoms in total. The van der Waals surface area contributed by atoms with Crippen LogP contribution in [0.4, 0.5) is 11.5 Å². The highest BCUT2D eigenvalue weighted by Gasteiger charge is 2.10. The Morgan fingerprint density at radius 3 is 3.00 bits per heavy atom. The van der Waals surface area contributed by atoms with E-state index >= 15 is 0 Å². The standard InChI is InChI=1S/C12H9N5O2S/c18-17(19)8-1-2-11-10(3-8)12(16-6-15-11)14-5-9-4-13-7-20-9/h1-4,6-7H,5H2,(H,14,15,16). The highest BCUT2D eigenvalue weighted by atomic mass is 32.1. The van der Waals surface area contributed by atoms with Crippen LogP contribution in [0.5, 0.6) is 0 Å². The number of benzene rings is 1. The highest BCUT2D eigenvalue weighted by Crippen LogP contribution is 2.24. The SMILES string of the molecule is O=[N+]([O-])c1ccc2ncnc(NCc3cncs3)c2c1. The summed E-state index contributed by atoms with van der Waals surface area (Å²) in [6, 6.07) is 4.53. The maximum atomic E-state index is 10.8. The number of fused-ring (bicyclic) bond motifs is 1. The van der Waals surface area contributed by atoms with Gasteiger partial charge in [0, 0.05) is 28.6 Å². The molecule has 0 amide bonds. The molecule has 3 rings (SSSR count). The van der Waals surface area contributed by atoms with Crippen LogP contribution in [0, 0.1) is 10.1 Å². The van der Waals surface area contributed by atoms with E-state index in [-0.39, 0.29) is 5.69 Å². The second kappa shape index (κ2) is 5.17. The fourth-order valence-electron chi connectivity index (χ4n) is 1.80. The first-order valence-corrected chi connectivity index (χ1v) is 6.62. The van der Waals surface area contributed by atoms with Crippen LogP contribution in [-0.4, -0.2) is 19.9 Å². The van der Waals surface area contributed by atoms with Gasteiger partial charge in [0.05, 0.1) is 22.5 Å². The molecule has 8 heteroatoms. The Labute approximate surface area is 117 Å². The van der Waals surface area contributed by atoms with Gasteiger partial charge in [-0.05, 0) is 6.07 Å². The van der Waals surface area contributed by atoms with E-state index in [2.05, 4.69) is 20.3 Å². The molecule has 2 heterocycles. The van der Waals surface area contributed by atoms with Gasteiger partial charge in [-0.1, -0.05) is 0 Å². The summed E-state index contributed by atoms with van der Waals surface area (Å²) in [7, 11) is 0. The molecule has 0 aliphatic carbocycles. The van der Waals surface area contributed by atoms with Crippen LogP contribution in [0.25, 0.3) is 10.9 Å². The molecule has 0 saturated carbocycles. The lowest BCUT2D eigenvalue weighted by Crippen LogP contribution is -2.01. The van der Waals surface area contributed by atoms with E-state index in [1.165, 1.54) is 29.8 Å². The number of hydrogen-bond acceptors (Lipinski definition) is 7. The molecule has 2 aromatic heterocycles. The molecule has 0 spiro atoms. The van der Waals surface area contributed by atoms with Gasteiger partial charge in [-0.3, -0.25) is 15.1 Å². The molecule has 20 heavy (non-hydrogen) atoms. The monoisotopic (exact) mass is 287 g/mol. The zero-order valence-corrected chi connectivity index (χ0v) is 11.0. The maximum absolute atomic E-state index is 10.8. The fraction of sp³-hybridized carbons (Fsp3) is 0.0833. The van der Waals surface area contributed by atoms with Crippen molar-refractivity contribution in [3.8, 4) is 0 Å². The van der Waals surface area contributed by atoms with Crippen molar-refractivity contribution in [3.05, 3.63) is 51.2 Å². The third-order valence-electron chi connectivity index (χ3n) is 2.74. The number of nitrogens with zero attached hydrogens (tertiary/aromatic N) is 4. The molecular weight excluding hydrogens is 278 g/mol. The van der Waals surface area contributed by atoms with Crippen LogP contribution in [0.3, 0.4) is 0 Å². The number of nitro benzene ring substituents is 1. The molecule has 0 aliphatic rings. The molecule has 0 saturated heterocycles. The molecule has 100 valence electrons. The Kier molecular flexibility index (Phi) is 3.21. The summed E-state index contributed by atoms with van der Waals surface area (Å²) in [5, 5.41) is 14.6. The number of rotatable bonds is 4.